The molecule has 0 spiro atoms. The molecule has 104 valence electrons. The van der Waals surface area contributed by atoms with Crippen LogP contribution in [-0.4, -0.2) is 6.04 Å². The third kappa shape index (κ3) is 2.78. The molecule has 3 atom stereocenters. The van der Waals surface area contributed by atoms with Crippen LogP contribution in [0.5, 0.6) is 0 Å². The van der Waals surface area contributed by atoms with E-state index in [2.05, 4.69) is 5.43 Å². The van der Waals surface area contributed by atoms with E-state index in [1.807, 2.05) is 18.2 Å². The summed E-state index contributed by atoms with van der Waals surface area (Å²) in [4.78, 5) is 0. The first-order chi connectivity index (χ1) is 9.20. The van der Waals surface area contributed by atoms with Crippen LogP contribution in [0, 0.1) is 17.8 Å². The largest absolute Gasteiger partial charge is 0.271 e. The van der Waals surface area contributed by atoms with E-state index in [1.54, 1.807) is 0 Å². The molecule has 2 aliphatic rings. The normalized spacial score (nSPS) is 30.8. The van der Waals surface area contributed by atoms with E-state index in [0.717, 1.165) is 24.2 Å². The van der Waals surface area contributed by atoms with E-state index in [-0.39, 0.29) is 0 Å². The third-order valence-corrected chi connectivity index (χ3v) is 5.58. The van der Waals surface area contributed by atoms with E-state index < -0.39 is 0 Å². The summed E-state index contributed by atoms with van der Waals surface area (Å²) in [5, 5.41) is 1.24. The molecule has 0 radical (unpaired) electrons. The molecule has 0 amide bonds. The van der Waals surface area contributed by atoms with Gasteiger partial charge in [0.2, 0.25) is 0 Å². The van der Waals surface area contributed by atoms with Gasteiger partial charge in [-0.15, -0.1) is 0 Å². The average Bonchev–Trinajstić information content (AvgIpc) is 3.14. The molecule has 0 aliphatic heterocycles. The van der Waals surface area contributed by atoms with Gasteiger partial charge in [-0.25, -0.2) is 0 Å². The van der Waals surface area contributed by atoms with Crippen molar-refractivity contribution in [2.45, 2.75) is 38.1 Å². The lowest BCUT2D eigenvalue weighted by Gasteiger charge is -2.16. The van der Waals surface area contributed by atoms with Crippen molar-refractivity contribution in [3.8, 4) is 0 Å². The van der Waals surface area contributed by atoms with Crippen molar-refractivity contribution < 1.29 is 0 Å². The zero-order chi connectivity index (χ0) is 13.4. The Morgan fingerprint density at radius 1 is 1.16 bits per heavy atom. The van der Waals surface area contributed by atoms with Crippen molar-refractivity contribution >= 4 is 23.2 Å². The highest BCUT2D eigenvalue weighted by atomic mass is 35.5. The minimum atomic E-state index is 0.366. The molecular weight excluding hydrogens is 279 g/mol. The lowest BCUT2D eigenvalue weighted by molar-refractivity contribution is 0.437. The Labute approximate surface area is 124 Å². The summed E-state index contributed by atoms with van der Waals surface area (Å²) in [6, 6.07) is 6.24. The van der Waals surface area contributed by atoms with Crippen molar-refractivity contribution in [2.75, 3.05) is 0 Å². The Hall–Kier alpha value is -0.280. The number of nitrogens with one attached hydrogen (secondary N) is 1. The monoisotopic (exact) mass is 298 g/mol. The molecule has 2 fully saturated rings. The molecule has 2 aliphatic carbocycles. The second-order valence-corrected chi connectivity index (χ2v) is 6.73. The predicted octanol–water partition coefficient (Wildman–Crippen LogP) is 3.80. The van der Waals surface area contributed by atoms with Crippen LogP contribution in [-0.2, 0) is 6.42 Å². The molecule has 3 unspecified atom stereocenters. The van der Waals surface area contributed by atoms with Gasteiger partial charge >= 0.3 is 0 Å². The van der Waals surface area contributed by atoms with E-state index in [0.29, 0.717) is 16.1 Å². The summed E-state index contributed by atoms with van der Waals surface area (Å²) in [7, 11) is 0. The number of hydrogen-bond acceptors (Lipinski definition) is 2. The highest BCUT2D eigenvalue weighted by Gasteiger charge is 2.53. The first-order valence-electron chi connectivity index (χ1n) is 7.10. The number of nitrogens with two attached hydrogens (primary N) is 1. The van der Waals surface area contributed by atoms with Gasteiger partial charge in [-0.3, -0.25) is 11.3 Å². The zero-order valence-electron chi connectivity index (χ0n) is 10.9. The molecule has 0 heterocycles. The fraction of sp³-hybridized carbons (Fsp3) is 0.600. The van der Waals surface area contributed by atoms with Crippen LogP contribution < -0.4 is 11.3 Å². The smallest absolute Gasteiger partial charge is 0.0595 e. The minimum Gasteiger partial charge on any atom is -0.271 e. The summed E-state index contributed by atoms with van der Waals surface area (Å²) in [6.07, 6.45) is 6.48. The number of rotatable bonds is 4. The summed E-state index contributed by atoms with van der Waals surface area (Å²) < 4.78 is 0. The number of fused-ring (bicyclic) bond motifs is 1. The van der Waals surface area contributed by atoms with Gasteiger partial charge < -0.3 is 0 Å². The summed E-state index contributed by atoms with van der Waals surface area (Å²) >= 11 is 12.0. The lowest BCUT2D eigenvalue weighted by Crippen LogP contribution is -2.39. The van der Waals surface area contributed by atoms with Gasteiger partial charge in [0, 0.05) is 6.04 Å². The maximum atomic E-state index is 6.07. The Kier molecular flexibility index (Phi) is 4.04. The van der Waals surface area contributed by atoms with Crippen molar-refractivity contribution in [1.82, 2.24) is 5.43 Å². The van der Waals surface area contributed by atoms with Crippen LogP contribution in [0.4, 0.5) is 0 Å². The van der Waals surface area contributed by atoms with Crippen molar-refractivity contribution in [1.29, 1.82) is 0 Å². The number of halogens is 2. The Morgan fingerprint density at radius 2 is 1.84 bits per heavy atom. The van der Waals surface area contributed by atoms with E-state index in [9.17, 15) is 0 Å². The topological polar surface area (TPSA) is 38.0 Å². The van der Waals surface area contributed by atoms with Gasteiger partial charge in [0.1, 0.15) is 0 Å². The molecule has 1 aromatic rings. The fourth-order valence-electron chi connectivity index (χ4n) is 3.87. The van der Waals surface area contributed by atoms with Crippen LogP contribution in [0.3, 0.4) is 0 Å². The van der Waals surface area contributed by atoms with Gasteiger partial charge in [0.15, 0.2) is 0 Å². The molecule has 19 heavy (non-hydrogen) atoms. The Morgan fingerprint density at radius 3 is 2.42 bits per heavy atom. The highest BCUT2D eigenvalue weighted by molar-refractivity contribution is 6.42. The molecule has 3 N–H and O–H groups in total. The zero-order valence-corrected chi connectivity index (χ0v) is 12.4. The van der Waals surface area contributed by atoms with Crippen LogP contribution in [0.25, 0.3) is 0 Å². The molecule has 1 aromatic carbocycles. The fourth-order valence-corrected chi connectivity index (χ4v) is 4.19. The Balaban J connectivity index is 1.68. The van der Waals surface area contributed by atoms with Gasteiger partial charge in [-0.2, -0.15) is 0 Å². The van der Waals surface area contributed by atoms with E-state index in [1.165, 1.54) is 31.2 Å². The standard InChI is InChI=1S/C15H20Cl2N2/c16-12-6-5-9(7-13(12)17)8-14(19-18)15-10-3-1-2-4-11(10)15/h5-7,10-11,14-15,19H,1-4,8,18H2. The van der Waals surface area contributed by atoms with Gasteiger partial charge in [-0.05, 0) is 54.7 Å². The molecular formula is C15H20Cl2N2. The second-order valence-electron chi connectivity index (χ2n) is 5.92. The van der Waals surface area contributed by atoms with Gasteiger partial charge in [-0.1, -0.05) is 42.1 Å². The van der Waals surface area contributed by atoms with Gasteiger partial charge in [0.05, 0.1) is 10.0 Å². The minimum absolute atomic E-state index is 0.366. The second kappa shape index (κ2) is 5.61. The molecule has 3 rings (SSSR count). The van der Waals surface area contributed by atoms with E-state index in [4.69, 9.17) is 29.0 Å². The Bertz CT molecular complexity index is 451. The summed E-state index contributed by atoms with van der Waals surface area (Å²) in [6.45, 7) is 0. The van der Waals surface area contributed by atoms with Crippen molar-refractivity contribution in [3.63, 3.8) is 0 Å². The van der Waals surface area contributed by atoms with Crippen LogP contribution in [0.2, 0.25) is 10.0 Å². The molecule has 0 bridgehead atoms. The average molecular weight is 299 g/mol. The maximum absolute atomic E-state index is 6.07. The number of benzene rings is 1. The first-order valence-corrected chi connectivity index (χ1v) is 7.86. The SMILES string of the molecule is NNC(Cc1ccc(Cl)c(Cl)c1)C1C2CCCCC21. The molecule has 4 heteroatoms. The van der Waals surface area contributed by atoms with Gasteiger partial charge in [0.25, 0.3) is 0 Å². The third-order valence-electron chi connectivity index (χ3n) is 4.84. The summed E-state index contributed by atoms with van der Waals surface area (Å²) in [5.41, 5.74) is 4.24. The van der Waals surface area contributed by atoms with Crippen molar-refractivity contribution in [3.05, 3.63) is 33.8 Å². The summed E-state index contributed by atoms with van der Waals surface area (Å²) in [5.74, 6) is 8.33. The molecule has 2 nitrogen and oxygen atoms in total. The van der Waals surface area contributed by atoms with Crippen LogP contribution in [0.1, 0.15) is 31.2 Å². The first kappa shape index (κ1) is 13.7. The lowest BCUT2D eigenvalue weighted by atomic mass is 10.0. The molecule has 0 aromatic heterocycles. The maximum Gasteiger partial charge on any atom is 0.0595 e. The van der Waals surface area contributed by atoms with Crippen molar-refractivity contribution in [2.24, 2.45) is 23.6 Å². The van der Waals surface area contributed by atoms with E-state index >= 15 is 0 Å². The van der Waals surface area contributed by atoms with Crippen LogP contribution in [0.15, 0.2) is 18.2 Å². The highest BCUT2D eigenvalue weighted by Crippen LogP contribution is 2.57. The van der Waals surface area contributed by atoms with Crippen LogP contribution >= 0.6 is 23.2 Å². The number of hydrogen-bond donors (Lipinski definition) is 2. The quantitative estimate of drug-likeness (QED) is 0.655. The molecule has 2 saturated carbocycles. The number of hydrazine groups is 1. The predicted molar refractivity (Wildman–Crippen MR) is 80.2 cm³/mol. The molecule has 0 saturated heterocycles.